The molecule has 1 rings (SSSR count). The Bertz CT molecular complexity index is 290. The number of hydrogen-bond acceptors (Lipinski definition) is 1. The molecule has 0 radical (unpaired) electrons. The second-order valence-electron chi connectivity index (χ2n) is 2.21. The van der Waals surface area contributed by atoms with Crippen LogP contribution in [-0.2, 0) is 10.1 Å². The maximum absolute atomic E-state index is 13.0. The highest BCUT2D eigenvalue weighted by Gasteiger charge is 2.00. The van der Waals surface area contributed by atoms with E-state index in [1.54, 1.807) is 6.07 Å². The third kappa shape index (κ3) is 2.04. The average Bonchev–Trinajstić information content (AvgIpc) is 2.09. The Kier molecular flexibility index (Phi) is 3.22. The largest absolute Gasteiger partial charge is 0.326 e. The highest BCUT2D eigenvalue weighted by molar-refractivity contribution is 9.08. The van der Waals surface area contributed by atoms with E-state index in [-0.39, 0.29) is 5.69 Å². The van der Waals surface area contributed by atoms with Crippen LogP contribution in [0, 0.1) is 5.82 Å². The first-order valence-corrected chi connectivity index (χ1v) is 4.44. The van der Waals surface area contributed by atoms with Gasteiger partial charge >= 0.3 is 0 Å². The van der Waals surface area contributed by atoms with Gasteiger partial charge in [-0.05, 0) is 17.7 Å². The third-order valence-electron chi connectivity index (χ3n) is 1.40. The lowest BCUT2D eigenvalue weighted by molar-refractivity contribution is -0.105. The van der Waals surface area contributed by atoms with E-state index in [9.17, 15) is 9.18 Å². The van der Waals surface area contributed by atoms with Crippen molar-refractivity contribution in [3.8, 4) is 0 Å². The molecule has 0 unspecified atom stereocenters. The van der Waals surface area contributed by atoms with Crippen molar-refractivity contribution in [1.29, 1.82) is 0 Å². The van der Waals surface area contributed by atoms with Gasteiger partial charge in [-0.25, -0.2) is 4.39 Å². The van der Waals surface area contributed by atoms with Crippen LogP contribution in [0.15, 0.2) is 18.2 Å². The van der Waals surface area contributed by atoms with Crippen molar-refractivity contribution in [1.82, 2.24) is 0 Å². The van der Waals surface area contributed by atoms with E-state index in [0.717, 1.165) is 5.56 Å². The molecular weight excluding hydrogens is 225 g/mol. The molecule has 0 heterocycles. The standard InChI is InChI=1S/C8H7BrFNO/c9-4-6-1-2-8(11-5-12)7(10)3-6/h1-3,5H,4H2,(H,11,12). The zero-order valence-corrected chi connectivity index (χ0v) is 7.77. The topological polar surface area (TPSA) is 29.1 Å². The van der Waals surface area contributed by atoms with Crippen molar-refractivity contribution in [2.45, 2.75) is 5.33 Å². The molecule has 0 saturated carbocycles. The monoisotopic (exact) mass is 231 g/mol. The fourth-order valence-electron chi connectivity index (χ4n) is 0.822. The van der Waals surface area contributed by atoms with Crippen molar-refractivity contribution in [2.75, 3.05) is 5.32 Å². The molecule has 12 heavy (non-hydrogen) atoms. The number of rotatable bonds is 3. The van der Waals surface area contributed by atoms with Crippen LogP contribution in [0.25, 0.3) is 0 Å². The Morgan fingerprint density at radius 1 is 1.58 bits per heavy atom. The molecule has 0 aliphatic carbocycles. The van der Waals surface area contributed by atoms with E-state index in [4.69, 9.17) is 0 Å². The Labute approximate surface area is 77.9 Å². The molecule has 0 aromatic heterocycles. The second-order valence-corrected chi connectivity index (χ2v) is 2.77. The zero-order valence-electron chi connectivity index (χ0n) is 6.18. The number of carbonyl (C=O) groups excluding carboxylic acids is 1. The first-order valence-electron chi connectivity index (χ1n) is 3.32. The van der Waals surface area contributed by atoms with Gasteiger partial charge in [-0.15, -0.1) is 0 Å². The maximum atomic E-state index is 13.0. The van der Waals surface area contributed by atoms with Crippen LogP contribution in [0.2, 0.25) is 0 Å². The molecule has 1 aromatic carbocycles. The molecule has 0 spiro atoms. The Hall–Kier alpha value is -0.900. The summed E-state index contributed by atoms with van der Waals surface area (Å²) in [5, 5.41) is 2.86. The van der Waals surface area contributed by atoms with E-state index in [1.807, 2.05) is 0 Å². The van der Waals surface area contributed by atoms with E-state index >= 15 is 0 Å². The number of hydrogen-bond donors (Lipinski definition) is 1. The van der Waals surface area contributed by atoms with Crippen LogP contribution in [0.5, 0.6) is 0 Å². The lowest BCUT2D eigenvalue weighted by atomic mass is 10.2. The molecule has 0 aliphatic rings. The lowest BCUT2D eigenvalue weighted by Crippen LogP contribution is -1.97. The highest BCUT2D eigenvalue weighted by atomic mass is 79.9. The molecule has 0 atom stereocenters. The fourth-order valence-corrected chi connectivity index (χ4v) is 1.17. The minimum atomic E-state index is -0.418. The van der Waals surface area contributed by atoms with E-state index in [1.165, 1.54) is 12.1 Å². The third-order valence-corrected chi connectivity index (χ3v) is 2.05. The molecule has 0 bridgehead atoms. The van der Waals surface area contributed by atoms with Crippen LogP contribution in [0.4, 0.5) is 10.1 Å². The number of alkyl halides is 1. The lowest BCUT2D eigenvalue weighted by Gasteiger charge is -2.01. The predicted molar refractivity (Wildman–Crippen MR) is 48.7 cm³/mol. The van der Waals surface area contributed by atoms with Crippen LogP contribution in [0.3, 0.4) is 0 Å². The summed E-state index contributed by atoms with van der Waals surface area (Å²) in [4.78, 5) is 9.99. The highest BCUT2D eigenvalue weighted by Crippen LogP contribution is 2.16. The van der Waals surface area contributed by atoms with Gasteiger partial charge in [0.25, 0.3) is 0 Å². The first kappa shape index (κ1) is 9.19. The van der Waals surface area contributed by atoms with Crippen LogP contribution >= 0.6 is 15.9 Å². The number of amides is 1. The quantitative estimate of drug-likeness (QED) is 0.628. The summed E-state index contributed by atoms with van der Waals surface area (Å²) in [6, 6.07) is 4.64. The van der Waals surface area contributed by atoms with Gasteiger partial charge in [0.05, 0.1) is 5.69 Å². The van der Waals surface area contributed by atoms with Crippen molar-refractivity contribution in [3.63, 3.8) is 0 Å². The van der Waals surface area contributed by atoms with E-state index < -0.39 is 5.82 Å². The van der Waals surface area contributed by atoms with Gasteiger partial charge in [0.2, 0.25) is 6.41 Å². The van der Waals surface area contributed by atoms with Crippen LogP contribution in [-0.4, -0.2) is 6.41 Å². The normalized spacial score (nSPS) is 9.50. The zero-order chi connectivity index (χ0) is 8.97. The molecule has 0 aliphatic heterocycles. The molecule has 1 aromatic rings. The van der Waals surface area contributed by atoms with Gasteiger partial charge in [0, 0.05) is 5.33 Å². The van der Waals surface area contributed by atoms with Gasteiger partial charge in [-0.1, -0.05) is 22.0 Å². The molecule has 0 fully saturated rings. The first-order chi connectivity index (χ1) is 5.77. The smallest absolute Gasteiger partial charge is 0.211 e. The molecule has 64 valence electrons. The van der Waals surface area contributed by atoms with Crippen LogP contribution < -0.4 is 5.32 Å². The number of nitrogens with one attached hydrogen (secondary N) is 1. The van der Waals surface area contributed by atoms with Crippen LogP contribution in [0.1, 0.15) is 5.56 Å². The number of carbonyl (C=O) groups is 1. The molecule has 4 heteroatoms. The van der Waals surface area contributed by atoms with Gasteiger partial charge in [-0.2, -0.15) is 0 Å². The van der Waals surface area contributed by atoms with E-state index in [0.29, 0.717) is 11.7 Å². The molecule has 1 N–H and O–H groups in total. The summed E-state index contributed by atoms with van der Waals surface area (Å²) in [6.45, 7) is 0. The van der Waals surface area contributed by atoms with Crippen molar-refractivity contribution in [3.05, 3.63) is 29.6 Å². The van der Waals surface area contributed by atoms with Crippen molar-refractivity contribution < 1.29 is 9.18 Å². The van der Waals surface area contributed by atoms with Gasteiger partial charge < -0.3 is 5.32 Å². The summed E-state index contributed by atoms with van der Waals surface area (Å²) in [5.74, 6) is -0.418. The molecule has 1 amide bonds. The second kappa shape index (κ2) is 4.21. The SMILES string of the molecule is O=CNc1ccc(CBr)cc1F. The molecule has 2 nitrogen and oxygen atoms in total. The molecular formula is C8H7BrFNO. The summed E-state index contributed by atoms with van der Waals surface area (Å²) >= 11 is 3.20. The predicted octanol–water partition coefficient (Wildman–Crippen LogP) is 2.29. The van der Waals surface area contributed by atoms with Crippen molar-refractivity contribution >= 4 is 28.0 Å². The number of anilines is 1. The van der Waals surface area contributed by atoms with Gasteiger partial charge in [0.1, 0.15) is 5.82 Å². The maximum Gasteiger partial charge on any atom is 0.211 e. The number of benzene rings is 1. The van der Waals surface area contributed by atoms with Gasteiger partial charge in [-0.3, -0.25) is 4.79 Å². The minimum Gasteiger partial charge on any atom is -0.326 e. The summed E-state index contributed by atoms with van der Waals surface area (Å²) in [5.41, 5.74) is 1.04. The summed E-state index contributed by atoms with van der Waals surface area (Å²) in [6.07, 6.45) is 0.451. The Morgan fingerprint density at radius 2 is 2.33 bits per heavy atom. The fraction of sp³-hybridized carbons (Fsp3) is 0.125. The Balaban J connectivity index is 2.94. The van der Waals surface area contributed by atoms with Crippen molar-refractivity contribution in [2.24, 2.45) is 0 Å². The average molecular weight is 232 g/mol. The summed E-state index contributed by atoms with van der Waals surface area (Å²) in [7, 11) is 0. The van der Waals surface area contributed by atoms with Gasteiger partial charge in [0.15, 0.2) is 0 Å². The summed E-state index contributed by atoms with van der Waals surface area (Å²) < 4.78 is 13.0. The molecule has 0 saturated heterocycles. The van der Waals surface area contributed by atoms with E-state index in [2.05, 4.69) is 21.2 Å². The number of halogens is 2. The Morgan fingerprint density at radius 3 is 2.83 bits per heavy atom. The minimum absolute atomic E-state index is 0.203.